The van der Waals surface area contributed by atoms with Crippen LogP contribution in [0.25, 0.3) is 50.0 Å². The molecule has 1 aliphatic heterocycles. The maximum atomic E-state index is 14.5. The Labute approximate surface area is 302 Å². The van der Waals surface area contributed by atoms with Gasteiger partial charge in [0.1, 0.15) is 6.33 Å². The lowest BCUT2D eigenvalue weighted by Crippen LogP contribution is -2.26. The van der Waals surface area contributed by atoms with Crippen molar-refractivity contribution in [3.8, 4) is 28.2 Å². The molecule has 9 rings (SSSR count). The number of benzene rings is 4. The van der Waals surface area contributed by atoms with Gasteiger partial charge in [0.05, 0.1) is 22.0 Å². The number of nitrogens with zero attached hydrogens (tertiary/aromatic N) is 4. The Bertz CT molecular complexity index is 2670. The normalized spacial score (nSPS) is 15.4. The van der Waals surface area contributed by atoms with E-state index in [1.54, 1.807) is 16.7 Å². The molecular formula is C43H39N5O3S. The van der Waals surface area contributed by atoms with E-state index in [-0.39, 0.29) is 10.5 Å². The molecule has 9 heteroatoms. The summed E-state index contributed by atoms with van der Waals surface area (Å²) < 4.78 is 32.1. The fraction of sp³-hybridized carbons (Fsp3) is 0.233. The van der Waals surface area contributed by atoms with E-state index in [0.29, 0.717) is 39.6 Å². The monoisotopic (exact) mass is 705 g/mol. The molecule has 0 bridgehead atoms. The molecule has 3 aromatic heterocycles. The Hall–Kier alpha value is -5.38. The minimum atomic E-state index is -4.07. The first kappa shape index (κ1) is 32.5. The minimum absolute atomic E-state index is 0.0847. The van der Waals surface area contributed by atoms with Gasteiger partial charge in [0.25, 0.3) is 15.6 Å². The quantitative estimate of drug-likeness (QED) is 0.179. The Morgan fingerprint density at radius 3 is 2.23 bits per heavy atom. The number of fused-ring (bicyclic) bond motifs is 2. The summed E-state index contributed by atoms with van der Waals surface area (Å²) in [6.45, 7) is 5.90. The van der Waals surface area contributed by atoms with E-state index in [4.69, 9.17) is 4.98 Å². The van der Waals surface area contributed by atoms with E-state index in [2.05, 4.69) is 34.6 Å². The predicted molar refractivity (Wildman–Crippen MR) is 207 cm³/mol. The summed E-state index contributed by atoms with van der Waals surface area (Å²) in [6, 6.07) is 31.1. The van der Waals surface area contributed by atoms with Gasteiger partial charge in [0.15, 0.2) is 5.65 Å². The third kappa shape index (κ3) is 5.56. The Morgan fingerprint density at radius 1 is 0.750 bits per heavy atom. The van der Waals surface area contributed by atoms with Gasteiger partial charge in [0, 0.05) is 22.5 Å². The van der Waals surface area contributed by atoms with Crippen LogP contribution in [0.3, 0.4) is 0 Å². The van der Waals surface area contributed by atoms with Crippen LogP contribution in [0, 0.1) is 13.8 Å². The van der Waals surface area contributed by atoms with Crippen molar-refractivity contribution in [2.24, 2.45) is 0 Å². The summed E-state index contributed by atoms with van der Waals surface area (Å²) in [6.07, 6.45) is 7.83. The van der Waals surface area contributed by atoms with Gasteiger partial charge < -0.3 is 5.32 Å². The highest BCUT2D eigenvalue weighted by molar-refractivity contribution is 7.90. The van der Waals surface area contributed by atoms with E-state index in [0.717, 1.165) is 59.3 Å². The zero-order valence-corrected chi connectivity index (χ0v) is 30.0. The average molecular weight is 706 g/mol. The van der Waals surface area contributed by atoms with Crippen LogP contribution in [0.4, 0.5) is 0 Å². The number of rotatable bonds is 7. The van der Waals surface area contributed by atoms with Gasteiger partial charge in [-0.25, -0.2) is 22.4 Å². The van der Waals surface area contributed by atoms with E-state index in [9.17, 15) is 13.2 Å². The molecule has 260 valence electrons. The molecule has 0 amide bonds. The highest BCUT2D eigenvalue weighted by Crippen LogP contribution is 2.41. The van der Waals surface area contributed by atoms with Crippen molar-refractivity contribution in [2.75, 3.05) is 13.1 Å². The summed E-state index contributed by atoms with van der Waals surface area (Å²) >= 11 is 0. The molecule has 7 aromatic rings. The Kier molecular flexibility index (Phi) is 7.93. The van der Waals surface area contributed by atoms with Gasteiger partial charge >= 0.3 is 0 Å². The topological polar surface area (TPSA) is 98.9 Å². The lowest BCUT2D eigenvalue weighted by Gasteiger charge is -2.23. The van der Waals surface area contributed by atoms with Crippen molar-refractivity contribution < 1.29 is 8.42 Å². The third-order valence-corrected chi connectivity index (χ3v) is 12.6. The van der Waals surface area contributed by atoms with Crippen molar-refractivity contribution in [3.63, 3.8) is 0 Å². The van der Waals surface area contributed by atoms with Crippen LogP contribution in [-0.2, 0) is 10.0 Å². The highest BCUT2D eigenvalue weighted by atomic mass is 32.2. The molecular weight excluding hydrogens is 667 g/mol. The lowest BCUT2D eigenvalue weighted by molar-refractivity contribution is 0.460. The molecule has 1 N–H and O–H groups in total. The van der Waals surface area contributed by atoms with Crippen molar-refractivity contribution in [2.45, 2.75) is 56.3 Å². The molecule has 1 saturated heterocycles. The van der Waals surface area contributed by atoms with E-state index < -0.39 is 10.0 Å². The predicted octanol–water partition coefficient (Wildman–Crippen LogP) is 8.27. The molecule has 0 radical (unpaired) electrons. The van der Waals surface area contributed by atoms with Gasteiger partial charge in [-0.15, -0.1) is 0 Å². The summed E-state index contributed by atoms with van der Waals surface area (Å²) in [4.78, 5) is 23.4. The van der Waals surface area contributed by atoms with Crippen molar-refractivity contribution in [3.05, 3.63) is 142 Å². The van der Waals surface area contributed by atoms with Crippen LogP contribution in [0.5, 0.6) is 0 Å². The van der Waals surface area contributed by atoms with Gasteiger partial charge in [0.2, 0.25) is 0 Å². The first-order valence-corrected chi connectivity index (χ1v) is 19.5. The first-order chi connectivity index (χ1) is 25.3. The molecule has 4 aromatic carbocycles. The second-order valence-electron chi connectivity index (χ2n) is 14.3. The molecule has 0 unspecified atom stereocenters. The van der Waals surface area contributed by atoms with E-state index >= 15 is 0 Å². The maximum absolute atomic E-state index is 14.5. The summed E-state index contributed by atoms with van der Waals surface area (Å²) in [7, 11) is -4.07. The fourth-order valence-electron chi connectivity index (χ4n) is 7.81. The molecule has 2 fully saturated rings. The molecule has 2 aliphatic rings. The lowest BCUT2D eigenvalue weighted by atomic mass is 9.89. The van der Waals surface area contributed by atoms with Crippen LogP contribution in [0.2, 0.25) is 0 Å². The van der Waals surface area contributed by atoms with Gasteiger partial charge in [-0.2, -0.15) is 0 Å². The zero-order valence-electron chi connectivity index (χ0n) is 29.2. The number of nitrogens with one attached hydrogen (secondary N) is 1. The van der Waals surface area contributed by atoms with E-state index in [1.165, 1.54) is 34.3 Å². The van der Waals surface area contributed by atoms with Crippen molar-refractivity contribution in [1.82, 2.24) is 23.8 Å². The molecule has 0 spiro atoms. The molecule has 1 saturated carbocycles. The van der Waals surface area contributed by atoms with Gasteiger partial charge in [-0.05, 0) is 128 Å². The van der Waals surface area contributed by atoms with Crippen LogP contribution in [0.15, 0.2) is 119 Å². The Morgan fingerprint density at radius 2 is 1.48 bits per heavy atom. The second-order valence-corrected chi connectivity index (χ2v) is 16.1. The number of hydrogen-bond donors (Lipinski definition) is 1. The largest absolute Gasteiger partial charge is 0.317 e. The zero-order chi connectivity index (χ0) is 35.6. The van der Waals surface area contributed by atoms with Crippen molar-refractivity contribution in [1.29, 1.82) is 0 Å². The molecule has 1 aliphatic carbocycles. The van der Waals surface area contributed by atoms with Crippen LogP contribution in [0.1, 0.15) is 59.8 Å². The smallest absolute Gasteiger partial charge is 0.269 e. The molecule has 4 heterocycles. The SMILES string of the molecule is Cc1ccc(S(=O)(=O)n2c(-c3ccc(C4CCNCC4)cc3)cc3c(-c4cccc(-n5ccc6cc(C7CC7)ccc6c5=O)c4C)ncnc32)cc1. The second kappa shape index (κ2) is 12.7. The van der Waals surface area contributed by atoms with Gasteiger partial charge in [-0.1, -0.05) is 66.2 Å². The first-order valence-electron chi connectivity index (χ1n) is 18.0. The average Bonchev–Trinajstić information content (AvgIpc) is 3.95. The van der Waals surface area contributed by atoms with E-state index in [1.807, 2.05) is 80.7 Å². The molecule has 52 heavy (non-hydrogen) atoms. The van der Waals surface area contributed by atoms with Crippen LogP contribution < -0.4 is 10.9 Å². The summed E-state index contributed by atoms with van der Waals surface area (Å²) in [5.41, 5.74) is 7.99. The fourth-order valence-corrected chi connectivity index (χ4v) is 9.29. The number of aromatic nitrogens is 4. The Balaban J connectivity index is 1.20. The van der Waals surface area contributed by atoms with Crippen LogP contribution >= 0.6 is 0 Å². The highest BCUT2D eigenvalue weighted by Gasteiger charge is 2.28. The van der Waals surface area contributed by atoms with Gasteiger partial charge in [-0.3, -0.25) is 9.36 Å². The van der Waals surface area contributed by atoms with Crippen molar-refractivity contribution >= 4 is 31.8 Å². The summed E-state index contributed by atoms with van der Waals surface area (Å²) in [5.74, 6) is 1.08. The van der Waals surface area contributed by atoms with Crippen LogP contribution in [-0.4, -0.2) is 40.0 Å². The number of hydrogen-bond acceptors (Lipinski definition) is 6. The number of piperidine rings is 1. The third-order valence-electron chi connectivity index (χ3n) is 10.9. The summed E-state index contributed by atoms with van der Waals surface area (Å²) in [5, 5.41) is 5.66. The number of aryl methyl sites for hydroxylation is 1. The molecule has 0 atom stereocenters. The molecule has 8 nitrogen and oxygen atoms in total. The maximum Gasteiger partial charge on any atom is 0.269 e. The minimum Gasteiger partial charge on any atom is -0.317 e. The standard InChI is InChI=1S/C43H39N5O3S/c1-27-6-15-35(16-7-27)52(50,51)48-40(32-12-10-29(11-13-32)31-18-21-44-22-19-31)25-38-41(45-26-46-42(38)48)36-4-3-5-39(28(36)2)47-23-20-34-24-33(30-8-9-30)14-17-37(34)43(47)49/h3-7,10-17,20,23-26,30-31,44H,8-9,18-19,21-22H2,1-2H3. The number of pyridine rings is 1.